The van der Waals surface area contributed by atoms with Crippen molar-refractivity contribution in [1.82, 2.24) is 4.90 Å². The molecule has 0 bridgehead atoms. The van der Waals surface area contributed by atoms with Crippen LogP contribution >= 0.6 is 24.0 Å². The smallest absolute Gasteiger partial charge is 0.327 e. The van der Waals surface area contributed by atoms with Crippen LogP contribution in [-0.2, 0) is 9.59 Å². The first-order chi connectivity index (χ1) is 9.81. The number of carboxylic acid groups (broad SMARTS) is 1. The molecule has 21 heavy (non-hydrogen) atoms. The number of furan rings is 1. The van der Waals surface area contributed by atoms with Crippen molar-refractivity contribution in [2.24, 2.45) is 5.92 Å². The fourth-order valence-electron chi connectivity index (χ4n) is 2.07. The molecule has 1 fully saturated rings. The number of aryl methyl sites for hydroxylation is 1. The first kappa shape index (κ1) is 15.8. The maximum atomic E-state index is 12.4. The Labute approximate surface area is 132 Å². The van der Waals surface area contributed by atoms with Crippen molar-refractivity contribution in [3.8, 4) is 0 Å². The quantitative estimate of drug-likeness (QED) is 0.678. The molecule has 1 aliphatic rings. The number of thioether (sulfide) groups is 1. The molecule has 0 saturated carbocycles. The highest BCUT2D eigenvalue weighted by atomic mass is 32.2. The normalized spacial score (nSPS) is 18.9. The van der Waals surface area contributed by atoms with Gasteiger partial charge in [-0.15, -0.1) is 0 Å². The topological polar surface area (TPSA) is 70.8 Å². The molecular formula is C14H15NO4S2. The van der Waals surface area contributed by atoms with Crippen LogP contribution in [0.2, 0.25) is 0 Å². The van der Waals surface area contributed by atoms with E-state index in [1.807, 2.05) is 6.92 Å². The van der Waals surface area contributed by atoms with Crippen LogP contribution in [0.3, 0.4) is 0 Å². The summed E-state index contributed by atoms with van der Waals surface area (Å²) in [6, 6.07) is 2.58. The van der Waals surface area contributed by atoms with E-state index in [-0.39, 0.29) is 16.1 Å². The van der Waals surface area contributed by atoms with Crippen LogP contribution in [0, 0.1) is 12.8 Å². The number of thiocarbonyl (C=S) groups is 1. The number of carbonyl (C=O) groups is 2. The summed E-state index contributed by atoms with van der Waals surface area (Å²) in [4.78, 5) is 25.4. The molecular weight excluding hydrogens is 310 g/mol. The molecule has 1 aromatic rings. The molecule has 1 N–H and O–H groups in total. The summed E-state index contributed by atoms with van der Waals surface area (Å²) in [5.74, 6) is -0.404. The van der Waals surface area contributed by atoms with E-state index in [4.69, 9.17) is 16.6 Å². The zero-order valence-electron chi connectivity index (χ0n) is 11.8. The maximum absolute atomic E-state index is 12.4. The number of carbonyl (C=O) groups excluding carboxylic acids is 1. The summed E-state index contributed by atoms with van der Waals surface area (Å²) in [7, 11) is 0. The highest BCUT2D eigenvalue weighted by molar-refractivity contribution is 8.26. The lowest BCUT2D eigenvalue weighted by molar-refractivity contribution is -0.146. The predicted molar refractivity (Wildman–Crippen MR) is 84.7 cm³/mol. The van der Waals surface area contributed by atoms with E-state index in [9.17, 15) is 14.7 Å². The zero-order valence-corrected chi connectivity index (χ0v) is 13.5. The second-order valence-corrected chi connectivity index (χ2v) is 6.70. The molecule has 0 aromatic carbocycles. The highest BCUT2D eigenvalue weighted by Gasteiger charge is 2.41. The Kier molecular flexibility index (Phi) is 4.53. The summed E-state index contributed by atoms with van der Waals surface area (Å²) in [5.41, 5.74) is 0. The molecule has 1 saturated heterocycles. The molecule has 1 aliphatic heterocycles. The number of amides is 1. The third kappa shape index (κ3) is 3.19. The summed E-state index contributed by atoms with van der Waals surface area (Å²) in [6.45, 7) is 5.30. The van der Waals surface area contributed by atoms with Crippen molar-refractivity contribution >= 4 is 46.3 Å². The summed E-state index contributed by atoms with van der Waals surface area (Å²) >= 11 is 6.26. The largest absolute Gasteiger partial charge is 0.480 e. The maximum Gasteiger partial charge on any atom is 0.327 e. The van der Waals surface area contributed by atoms with Gasteiger partial charge in [-0.2, -0.15) is 0 Å². The highest BCUT2D eigenvalue weighted by Crippen LogP contribution is 2.35. The Hall–Kier alpha value is -1.60. The molecule has 0 unspecified atom stereocenters. The van der Waals surface area contributed by atoms with Crippen molar-refractivity contribution in [1.29, 1.82) is 0 Å². The van der Waals surface area contributed by atoms with Crippen LogP contribution in [-0.4, -0.2) is 32.2 Å². The minimum atomic E-state index is -1.06. The summed E-state index contributed by atoms with van der Waals surface area (Å²) < 4.78 is 5.66. The minimum absolute atomic E-state index is 0.241. The lowest BCUT2D eigenvalue weighted by Crippen LogP contribution is -2.47. The summed E-state index contributed by atoms with van der Waals surface area (Å²) in [5, 5.41) is 9.32. The van der Waals surface area contributed by atoms with Gasteiger partial charge in [-0.05, 0) is 25.0 Å². The van der Waals surface area contributed by atoms with Gasteiger partial charge in [0, 0.05) is 6.08 Å². The third-order valence-electron chi connectivity index (χ3n) is 3.02. The molecule has 2 heterocycles. The zero-order chi connectivity index (χ0) is 15.7. The molecule has 112 valence electrons. The van der Waals surface area contributed by atoms with Gasteiger partial charge in [0.15, 0.2) is 0 Å². The van der Waals surface area contributed by atoms with Gasteiger partial charge in [0.25, 0.3) is 5.91 Å². The van der Waals surface area contributed by atoms with E-state index in [2.05, 4.69) is 0 Å². The lowest BCUT2D eigenvalue weighted by atomic mass is 10.0. The van der Waals surface area contributed by atoms with Crippen LogP contribution in [0.1, 0.15) is 25.4 Å². The van der Waals surface area contributed by atoms with Crippen molar-refractivity contribution in [3.63, 3.8) is 0 Å². The third-order valence-corrected chi connectivity index (χ3v) is 4.35. The Bertz CT molecular complexity index is 633. The monoisotopic (exact) mass is 325 g/mol. The first-order valence-corrected chi connectivity index (χ1v) is 7.60. The Morgan fingerprint density at radius 2 is 2.14 bits per heavy atom. The molecule has 1 aromatic heterocycles. The van der Waals surface area contributed by atoms with Crippen LogP contribution < -0.4 is 0 Å². The Morgan fingerprint density at radius 1 is 1.48 bits per heavy atom. The number of nitrogens with zero attached hydrogens (tertiary/aromatic N) is 1. The van der Waals surface area contributed by atoms with E-state index < -0.39 is 12.0 Å². The van der Waals surface area contributed by atoms with Gasteiger partial charge >= 0.3 is 5.97 Å². The van der Waals surface area contributed by atoms with Crippen molar-refractivity contribution in [2.75, 3.05) is 0 Å². The SMILES string of the molecule is Cc1ccc(/C=C2\SC(=S)N([C@H](C(=O)O)C(C)C)C2=O)o1. The van der Waals surface area contributed by atoms with Crippen LogP contribution in [0.25, 0.3) is 6.08 Å². The predicted octanol–water partition coefficient (Wildman–Crippen LogP) is 2.90. The molecule has 2 rings (SSSR count). The standard InChI is InChI=1S/C14H15NO4S2/c1-7(2)11(13(17)18)15-12(16)10(21-14(15)20)6-9-5-4-8(3)19-9/h4-7,11H,1-3H3,(H,17,18)/b10-6-/t11-/m0/s1. The second kappa shape index (κ2) is 6.03. The molecule has 0 aliphatic carbocycles. The number of hydrogen-bond acceptors (Lipinski definition) is 5. The molecule has 1 amide bonds. The Balaban J connectivity index is 2.32. The van der Waals surface area contributed by atoms with Crippen molar-refractivity contribution in [3.05, 3.63) is 28.6 Å². The lowest BCUT2D eigenvalue weighted by Gasteiger charge is -2.26. The van der Waals surface area contributed by atoms with Crippen molar-refractivity contribution < 1.29 is 19.1 Å². The van der Waals surface area contributed by atoms with E-state index in [1.54, 1.807) is 32.1 Å². The van der Waals surface area contributed by atoms with Gasteiger partial charge in [0.1, 0.15) is 21.9 Å². The minimum Gasteiger partial charge on any atom is -0.480 e. The Morgan fingerprint density at radius 3 is 2.62 bits per heavy atom. The second-order valence-electron chi connectivity index (χ2n) is 5.03. The van der Waals surface area contributed by atoms with Crippen LogP contribution in [0.5, 0.6) is 0 Å². The van der Waals surface area contributed by atoms with E-state index >= 15 is 0 Å². The average Bonchev–Trinajstić information content (AvgIpc) is 2.88. The van der Waals surface area contributed by atoms with E-state index in [0.717, 1.165) is 17.5 Å². The molecule has 0 radical (unpaired) electrons. The summed E-state index contributed by atoms with van der Waals surface area (Å²) in [6.07, 6.45) is 1.59. The molecule has 0 spiro atoms. The average molecular weight is 325 g/mol. The molecule has 7 heteroatoms. The van der Waals surface area contributed by atoms with Gasteiger partial charge in [-0.25, -0.2) is 4.79 Å². The number of carboxylic acids is 1. The first-order valence-electron chi connectivity index (χ1n) is 6.37. The fourth-order valence-corrected chi connectivity index (χ4v) is 3.38. The van der Waals surface area contributed by atoms with E-state index in [0.29, 0.717) is 10.7 Å². The van der Waals surface area contributed by atoms with Gasteiger partial charge in [-0.1, -0.05) is 37.8 Å². The van der Waals surface area contributed by atoms with Crippen LogP contribution in [0.15, 0.2) is 21.5 Å². The number of rotatable bonds is 4. The number of hydrogen-bond donors (Lipinski definition) is 1. The van der Waals surface area contributed by atoms with E-state index in [1.165, 1.54) is 4.90 Å². The fraction of sp³-hybridized carbons (Fsp3) is 0.357. The van der Waals surface area contributed by atoms with Gasteiger partial charge in [-0.3, -0.25) is 9.69 Å². The van der Waals surface area contributed by atoms with Gasteiger partial charge in [0.2, 0.25) is 0 Å². The number of aliphatic carboxylic acids is 1. The van der Waals surface area contributed by atoms with Crippen LogP contribution in [0.4, 0.5) is 0 Å². The van der Waals surface area contributed by atoms with Crippen molar-refractivity contribution in [2.45, 2.75) is 26.8 Å². The molecule has 5 nitrogen and oxygen atoms in total. The molecule has 1 atom stereocenters. The van der Waals surface area contributed by atoms with Gasteiger partial charge < -0.3 is 9.52 Å². The van der Waals surface area contributed by atoms with Gasteiger partial charge in [0.05, 0.1) is 4.91 Å².